The fraction of sp³-hybridized carbons (Fsp3) is 0.167. The van der Waals surface area contributed by atoms with E-state index in [1.54, 1.807) is 24.1 Å². The van der Waals surface area contributed by atoms with Gasteiger partial charge in [-0.3, -0.25) is 4.79 Å². The monoisotopic (exact) mass is 421 g/mol. The van der Waals surface area contributed by atoms with Crippen LogP contribution in [0.1, 0.15) is 5.56 Å². The Morgan fingerprint density at radius 2 is 1.89 bits per heavy atom. The summed E-state index contributed by atoms with van der Waals surface area (Å²) in [6.45, 7) is 0.431. The van der Waals surface area contributed by atoms with E-state index in [1.807, 2.05) is 36.4 Å². The second-order valence-electron chi connectivity index (χ2n) is 5.83. The largest absolute Gasteiger partial charge is 0.341 e. The minimum Gasteiger partial charge on any atom is -0.341 e. The average Bonchev–Trinajstić information content (AvgIpc) is 3.04. The first kappa shape index (κ1) is 19.5. The van der Waals surface area contributed by atoms with Crippen LogP contribution in [0.4, 0.5) is 0 Å². The Balaban J connectivity index is 1.60. The molecular weight excluding hydrogens is 405 g/mol. The molecule has 2 aromatic carbocycles. The number of nitrogen functional groups attached to an aromatic ring is 1. The summed E-state index contributed by atoms with van der Waals surface area (Å²) in [4.78, 5) is 14.0. The summed E-state index contributed by atoms with van der Waals surface area (Å²) < 4.78 is 1.40. The molecule has 9 heteroatoms. The van der Waals surface area contributed by atoms with Gasteiger partial charge in [-0.15, -0.1) is 10.2 Å². The molecule has 0 radical (unpaired) electrons. The van der Waals surface area contributed by atoms with Crippen LogP contribution >= 0.6 is 35.0 Å². The molecule has 0 atom stereocenters. The number of nitrogens with zero attached hydrogens (tertiary/aromatic N) is 4. The molecule has 0 bridgehead atoms. The van der Waals surface area contributed by atoms with Crippen LogP contribution in [0.15, 0.2) is 53.7 Å². The van der Waals surface area contributed by atoms with Gasteiger partial charge in [-0.05, 0) is 17.7 Å². The molecule has 0 saturated heterocycles. The van der Waals surface area contributed by atoms with E-state index in [4.69, 9.17) is 29.0 Å². The molecule has 0 aliphatic rings. The molecule has 1 amide bonds. The molecule has 140 valence electrons. The number of benzene rings is 2. The van der Waals surface area contributed by atoms with E-state index in [1.165, 1.54) is 16.4 Å². The fourth-order valence-corrected chi connectivity index (χ4v) is 3.51. The van der Waals surface area contributed by atoms with Gasteiger partial charge in [0.2, 0.25) is 11.1 Å². The number of rotatable bonds is 6. The topological polar surface area (TPSA) is 77.0 Å². The maximum Gasteiger partial charge on any atom is 0.233 e. The SMILES string of the molecule is CN(Cc1ccc(Cl)c(Cl)c1)C(=O)CSc1nnc(-c2ccccc2)n1N. The second-order valence-corrected chi connectivity index (χ2v) is 7.59. The van der Waals surface area contributed by atoms with Gasteiger partial charge < -0.3 is 10.7 Å². The Kier molecular flexibility index (Phi) is 6.26. The number of aromatic nitrogens is 3. The predicted molar refractivity (Wildman–Crippen MR) is 109 cm³/mol. The van der Waals surface area contributed by atoms with Gasteiger partial charge in [0.1, 0.15) is 0 Å². The van der Waals surface area contributed by atoms with Crippen LogP contribution in [0, 0.1) is 0 Å². The highest BCUT2D eigenvalue weighted by molar-refractivity contribution is 7.99. The second kappa shape index (κ2) is 8.65. The Labute approximate surface area is 171 Å². The summed E-state index contributed by atoms with van der Waals surface area (Å²) in [5.41, 5.74) is 1.76. The van der Waals surface area contributed by atoms with Crippen molar-refractivity contribution in [3.8, 4) is 11.4 Å². The quantitative estimate of drug-likeness (QED) is 0.484. The highest BCUT2D eigenvalue weighted by atomic mass is 35.5. The molecule has 1 heterocycles. The standard InChI is InChI=1S/C18H17Cl2N5OS/c1-24(10-12-7-8-14(19)15(20)9-12)16(26)11-27-18-23-22-17(25(18)21)13-5-3-2-4-6-13/h2-9H,10-11,21H2,1H3. The van der Waals surface area contributed by atoms with E-state index < -0.39 is 0 Å². The van der Waals surface area contributed by atoms with Crippen molar-refractivity contribution in [3.63, 3.8) is 0 Å². The zero-order valence-electron chi connectivity index (χ0n) is 14.5. The van der Waals surface area contributed by atoms with Gasteiger partial charge in [0, 0.05) is 19.2 Å². The molecular formula is C18H17Cl2N5OS. The lowest BCUT2D eigenvalue weighted by Crippen LogP contribution is -2.28. The predicted octanol–water partition coefficient (Wildman–Crippen LogP) is 3.72. The molecule has 0 aliphatic heterocycles. The smallest absolute Gasteiger partial charge is 0.233 e. The van der Waals surface area contributed by atoms with Crippen molar-refractivity contribution in [1.82, 2.24) is 19.8 Å². The highest BCUT2D eigenvalue weighted by Gasteiger charge is 2.16. The van der Waals surface area contributed by atoms with Crippen LogP contribution in [0.5, 0.6) is 0 Å². The number of carbonyl (C=O) groups excluding carboxylic acids is 1. The molecule has 27 heavy (non-hydrogen) atoms. The van der Waals surface area contributed by atoms with Gasteiger partial charge in [0.25, 0.3) is 0 Å². The number of thioether (sulfide) groups is 1. The molecule has 0 spiro atoms. The van der Waals surface area contributed by atoms with E-state index in [9.17, 15) is 4.79 Å². The summed E-state index contributed by atoms with van der Waals surface area (Å²) >= 11 is 13.2. The van der Waals surface area contributed by atoms with Crippen molar-refractivity contribution < 1.29 is 4.79 Å². The minimum absolute atomic E-state index is 0.0599. The van der Waals surface area contributed by atoms with Crippen LogP contribution in [-0.4, -0.2) is 38.5 Å². The fourth-order valence-electron chi connectivity index (χ4n) is 2.40. The third-order valence-electron chi connectivity index (χ3n) is 3.85. The maximum absolute atomic E-state index is 12.4. The van der Waals surface area contributed by atoms with Crippen molar-refractivity contribution in [2.45, 2.75) is 11.7 Å². The van der Waals surface area contributed by atoms with Crippen LogP contribution < -0.4 is 5.84 Å². The first-order valence-corrected chi connectivity index (χ1v) is 9.76. The molecule has 0 fully saturated rings. The Morgan fingerprint density at radius 3 is 2.59 bits per heavy atom. The van der Waals surface area contributed by atoms with Crippen molar-refractivity contribution in [2.24, 2.45) is 0 Å². The summed E-state index contributed by atoms with van der Waals surface area (Å²) in [5, 5.41) is 9.62. The third-order valence-corrected chi connectivity index (χ3v) is 5.52. The van der Waals surface area contributed by atoms with Crippen molar-refractivity contribution >= 4 is 40.9 Å². The van der Waals surface area contributed by atoms with E-state index in [2.05, 4.69) is 10.2 Å². The number of carbonyl (C=O) groups is 1. The lowest BCUT2D eigenvalue weighted by atomic mass is 10.2. The maximum atomic E-state index is 12.4. The lowest BCUT2D eigenvalue weighted by Gasteiger charge is -2.17. The molecule has 3 aromatic rings. The Morgan fingerprint density at radius 1 is 1.15 bits per heavy atom. The molecule has 0 unspecified atom stereocenters. The summed E-state index contributed by atoms with van der Waals surface area (Å²) in [5.74, 6) is 6.76. The van der Waals surface area contributed by atoms with Crippen LogP contribution in [0.25, 0.3) is 11.4 Å². The van der Waals surface area contributed by atoms with E-state index in [0.717, 1.165) is 11.1 Å². The first-order valence-electron chi connectivity index (χ1n) is 8.02. The lowest BCUT2D eigenvalue weighted by molar-refractivity contribution is -0.127. The number of halogens is 2. The number of hydrogen-bond acceptors (Lipinski definition) is 5. The van der Waals surface area contributed by atoms with Gasteiger partial charge >= 0.3 is 0 Å². The first-order chi connectivity index (χ1) is 13.0. The van der Waals surface area contributed by atoms with Crippen molar-refractivity contribution in [2.75, 3.05) is 18.6 Å². The number of nitrogens with two attached hydrogens (primary N) is 1. The van der Waals surface area contributed by atoms with E-state index >= 15 is 0 Å². The molecule has 0 saturated carbocycles. The molecule has 1 aromatic heterocycles. The van der Waals surface area contributed by atoms with E-state index in [-0.39, 0.29) is 11.7 Å². The number of amides is 1. The zero-order chi connectivity index (χ0) is 19.4. The van der Waals surface area contributed by atoms with Crippen molar-refractivity contribution in [1.29, 1.82) is 0 Å². The van der Waals surface area contributed by atoms with Gasteiger partial charge in [0.05, 0.1) is 15.8 Å². The number of hydrogen-bond donors (Lipinski definition) is 1. The summed E-state index contributed by atoms with van der Waals surface area (Å²) in [7, 11) is 1.73. The van der Waals surface area contributed by atoms with Crippen LogP contribution in [-0.2, 0) is 11.3 Å². The van der Waals surface area contributed by atoms with E-state index in [0.29, 0.717) is 27.6 Å². The molecule has 0 aliphatic carbocycles. The highest BCUT2D eigenvalue weighted by Crippen LogP contribution is 2.24. The third kappa shape index (κ3) is 4.74. The summed E-state index contributed by atoms with van der Waals surface area (Å²) in [6, 6.07) is 14.8. The van der Waals surface area contributed by atoms with Gasteiger partial charge in [0.15, 0.2) is 5.82 Å². The minimum atomic E-state index is -0.0599. The Bertz CT molecular complexity index is 948. The van der Waals surface area contributed by atoms with Crippen LogP contribution in [0.2, 0.25) is 10.0 Å². The normalized spacial score (nSPS) is 10.8. The molecule has 3 rings (SSSR count). The average molecular weight is 422 g/mol. The molecule has 2 N–H and O–H groups in total. The molecule has 6 nitrogen and oxygen atoms in total. The Hall–Kier alpha value is -2.22. The summed E-state index contributed by atoms with van der Waals surface area (Å²) in [6.07, 6.45) is 0. The van der Waals surface area contributed by atoms with Crippen molar-refractivity contribution in [3.05, 3.63) is 64.1 Å². The van der Waals surface area contributed by atoms with Gasteiger partial charge in [-0.1, -0.05) is 71.4 Å². The van der Waals surface area contributed by atoms with Gasteiger partial charge in [-0.25, -0.2) is 4.68 Å². The zero-order valence-corrected chi connectivity index (χ0v) is 16.8. The van der Waals surface area contributed by atoms with Crippen LogP contribution in [0.3, 0.4) is 0 Å². The van der Waals surface area contributed by atoms with Gasteiger partial charge in [-0.2, -0.15) is 0 Å².